The highest BCUT2D eigenvalue weighted by molar-refractivity contribution is 6.35. The largest absolute Gasteiger partial charge is 0.475 e. The van der Waals surface area contributed by atoms with Crippen molar-refractivity contribution in [1.82, 2.24) is 15.6 Å². The van der Waals surface area contributed by atoms with Gasteiger partial charge in [0.1, 0.15) is 11.6 Å². The fourth-order valence-electron chi connectivity index (χ4n) is 2.44. The van der Waals surface area contributed by atoms with Crippen LogP contribution in [0.5, 0.6) is 5.88 Å². The minimum Gasteiger partial charge on any atom is -0.475 e. The number of hydrogen-bond donors (Lipinski definition) is 2. The molecule has 1 aromatic heterocycles. The van der Waals surface area contributed by atoms with Gasteiger partial charge in [-0.05, 0) is 44.3 Å². The molecule has 1 saturated heterocycles. The Morgan fingerprint density at radius 2 is 2.18 bits per heavy atom. The lowest BCUT2D eigenvalue weighted by atomic mass is 9.93. The first-order valence-electron chi connectivity index (χ1n) is 7.56. The summed E-state index contributed by atoms with van der Waals surface area (Å²) >= 11 is 11.7. The third kappa shape index (κ3) is 5.99. The van der Waals surface area contributed by atoms with Crippen molar-refractivity contribution >= 4 is 29.1 Å². The van der Waals surface area contributed by atoms with Crippen LogP contribution in [-0.4, -0.2) is 37.1 Å². The van der Waals surface area contributed by atoms with E-state index in [0.29, 0.717) is 41.4 Å². The zero-order valence-electron chi connectivity index (χ0n) is 12.4. The van der Waals surface area contributed by atoms with E-state index in [4.69, 9.17) is 27.9 Å². The van der Waals surface area contributed by atoms with Gasteiger partial charge >= 0.3 is 0 Å². The van der Waals surface area contributed by atoms with Crippen LogP contribution in [0.3, 0.4) is 0 Å². The molecule has 0 aliphatic carbocycles. The minimum absolute atomic E-state index is 0.0669. The Balaban J connectivity index is 1.58. The first-order valence-corrected chi connectivity index (χ1v) is 8.32. The van der Waals surface area contributed by atoms with E-state index in [1.165, 1.54) is 6.20 Å². The molecule has 2 heterocycles. The number of halogens is 2. The summed E-state index contributed by atoms with van der Waals surface area (Å²) in [5.41, 5.74) is 0. The quantitative estimate of drug-likeness (QED) is 0.745. The normalized spacial score (nSPS) is 15.5. The van der Waals surface area contributed by atoms with Gasteiger partial charge in [-0.1, -0.05) is 23.2 Å². The van der Waals surface area contributed by atoms with Gasteiger partial charge in [0.05, 0.1) is 11.6 Å². The Labute approximate surface area is 140 Å². The van der Waals surface area contributed by atoms with Crippen molar-refractivity contribution in [3.63, 3.8) is 0 Å². The number of amides is 1. The molecule has 1 aliphatic rings. The molecular weight excluding hydrogens is 325 g/mol. The van der Waals surface area contributed by atoms with Gasteiger partial charge < -0.3 is 15.4 Å². The Bertz CT molecular complexity index is 494. The number of ether oxygens (including phenoxy) is 1. The van der Waals surface area contributed by atoms with Crippen molar-refractivity contribution in [2.24, 2.45) is 5.92 Å². The van der Waals surface area contributed by atoms with Crippen LogP contribution in [0.2, 0.25) is 10.0 Å². The molecule has 2 N–H and O–H groups in total. The molecule has 1 fully saturated rings. The zero-order valence-corrected chi connectivity index (χ0v) is 13.9. The monoisotopic (exact) mass is 345 g/mol. The Morgan fingerprint density at radius 1 is 1.41 bits per heavy atom. The van der Waals surface area contributed by atoms with Crippen LogP contribution in [0.25, 0.3) is 0 Å². The van der Waals surface area contributed by atoms with Gasteiger partial charge in [-0.3, -0.25) is 4.79 Å². The van der Waals surface area contributed by atoms with Gasteiger partial charge in [-0.15, -0.1) is 0 Å². The second-order valence-corrected chi connectivity index (χ2v) is 6.21. The van der Waals surface area contributed by atoms with Crippen molar-refractivity contribution in [3.05, 3.63) is 22.3 Å². The summed E-state index contributed by atoms with van der Waals surface area (Å²) in [6.45, 7) is 2.89. The van der Waals surface area contributed by atoms with Gasteiger partial charge in [-0.2, -0.15) is 0 Å². The molecule has 5 nitrogen and oxygen atoms in total. The second-order valence-electron chi connectivity index (χ2n) is 5.37. The molecule has 22 heavy (non-hydrogen) atoms. The number of pyridine rings is 1. The fourth-order valence-corrected chi connectivity index (χ4v) is 2.88. The number of carbonyl (C=O) groups excluding carboxylic acids is 1. The Kier molecular flexibility index (Phi) is 7.22. The van der Waals surface area contributed by atoms with Crippen LogP contribution in [-0.2, 0) is 4.79 Å². The number of aromatic nitrogens is 1. The molecule has 0 bridgehead atoms. The van der Waals surface area contributed by atoms with Crippen LogP contribution in [0.15, 0.2) is 12.3 Å². The summed E-state index contributed by atoms with van der Waals surface area (Å²) in [6.07, 6.45) is 5.33. The summed E-state index contributed by atoms with van der Waals surface area (Å²) in [5.74, 6) is 1.06. The molecule has 0 radical (unpaired) electrons. The van der Waals surface area contributed by atoms with Crippen molar-refractivity contribution in [2.75, 3.05) is 26.2 Å². The van der Waals surface area contributed by atoms with E-state index in [0.717, 1.165) is 32.4 Å². The van der Waals surface area contributed by atoms with Gasteiger partial charge in [0.25, 0.3) is 0 Å². The lowest BCUT2D eigenvalue weighted by molar-refractivity contribution is -0.121. The molecule has 0 spiro atoms. The molecule has 1 aromatic rings. The SMILES string of the molecule is O=C(CCC1CCNCC1)NCCOc1ncc(Cl)cc1Cl. The van der Waals surface area contributed by atoms with Gasteiger partial charge in [0.2, 0.25) is 11.8 Å². The molecule has 0 saturated carbocycles. The first-order chi connectivity index (χ1) is 10.6. The summed E-state index contributed by atoms with van der Waals surface area (Å²) in [6, 6.07) is 1.57. The van der Waals surface area contributed by atoms with Crippen molar-refractivity contribution in [2.45, 2.75) is 25.7 Å². The van der Waals surface area contributed by atoms with Crippen molar-refractivity contribution in [3.8, 4) is 5.88 Å². The van der Waals surface area contributed by atoms with E-state index in [9.17, 15) is 4.79 Å². The first kappa shape index (κ1) is 17.3. The van der Waals surface area contributed by atoms with Crippen molar-refractivity contribution < 1.29 is 9.53 Å². The predicted molar refractivity (Wildman–Crippen MR) is 87.6 cm³/mol. The third-order valence-electron chi connectivity index (χ3n) is 3.68. The molecule has 0 atom stereocenters. The summed E-state index contributed by atoms with van der Waals surface area (Å²) in [5, 5.41) is 7.00. The topological polar surface area (TPSA) is 63.2 Å². The second kappa shape index (κ2) is 9.18. The standard InChI is InChI=1S/C15H21Cl2N3O2/c16-12-9-13(17)15(20-10-12)22-8-7-19-14(21)2-1-11-3-5-18-6-4-11/h9-11,18H,1-8H2,(H,19,21). The number of carbonyl (C=O) groups is 1. The molecule has 1 aliphatic heterocycles. The lowest BCUT2D eigenvalue weighted by Crippen LogP contribution is -2.31. The van der Waals surface area contributed by atoms with E-state index in [-0.39, 0.29) is 5.91 Å². The third-order valence-corrected chi connectivity index (χ3v) is 4.15. The maximum atomic E-state index is 11.8. The van der Waals surface area contributed by atoms with Crippen molar-refractivity contribution in [1.29, 1.82) is 0 Å². The molecule has 0 unspecified atom stereocenters. The Hall–Kier alpha value is -1.04. The average Bonchev–Trinajstić information content (AvgIpc) is 2.52. The summed E-state index contributed by atoms with van der Waals surface area (Å²) < 4.78 is 5.41. The zero-order chi connectivity index (χ0) is 15.8. The van der Waals surface area contributed by atoms with E-state index >= 15 is 0 Å². The average molecular weight is 346 g/mol. The molecule has 2 rings (SSSR count). The predicted octanol–water partition coefficient (Wildman–Crippen LogP) is 2.66. The number of piperidine rings is 1. The van der Waals surface area contributed by atoms with E-state index in [1.807, 2.05) is 0 Å². The Morgan fingerprint density at radius 3 is 2.91 bits per heavy atom. The lowest BCUT2D eigenvalue weighted by Gasteiger charge is -2.22. The highest BCUT2D eigenvalue weighted by Gasteiger charge is 2.14. The fraction of sp³-hybridized carbons (Fsp3) is 0.600. The number of nitrogens with one attached hydrogen (secondary N) is 2. The highest BCUT2D eigenvalue weighted by Crippen LogP contribution is 2.24. The number of hydrogen-bond acceptors (Lipinski definition) is 4. The minimum atomic E-state index is 0.0669. The maximum absolute atomic E-state index is 11.8. The summed E-state index contributed by atoms with van der Waals surface area (Å²) in [4.78, 5) is 15.8. The van der Waals surface area contributed by atoms with E-state index < -0.39 is 0 Å². The summed E-state index contributed by atoms with van der Waals surface area (Å²) in [7, 11) is 0. The molecule has 7 heteroatoms. The number of rotatable bonds is 7. The smallest absolute Gasteiger partial charge is 0.232 e. The molecule has 0 aromatic carbocycles. The number of nitrogens with zero attached hydrogens (tertiary/aromatic N) is 1. The van der Waals surface area contributed by atoms with E-state index in [1.54, 1.807) is 6.07 Å². The highest BCUT2D eigenvalue weighted by atomic mass is 35.5. The van der Waals surface area contributed by atoms with Gasteiger partial charge in [-0.25, -0.2) is 4.98 Å². The van der Waals surface area contributed by atoms with Crippen LogP contribution < -0.4 is 15.4 Å². The van der Waals surface area contributed by atoms with E-state index in [2.05, 4.69) is 15.6 Å². The van der Waals surface area contributed by atoms with Crippen LogP contribution in [0, 0.1) is 5.92 Å². The maximum Gasteiger partial charge on any atom is 0.232 e. The molecule has 1 amide bonds. The van der Waals surface area contributed by atoms with Crippen LogP contribution in [0.1, 0.15) is 25.7 Å². The van der Waals surface area contributed by atoms with Gasteiger partial charge in [0, 0.05) is 12.6 Å². The van der Waals surface area contributed by atoms with Crippen LogP contribution in [0.4, 0.5) is 0 Å². The molecule has 122 valence electrons. The van der Waals surface area contributed by atoms with Gasteiger partial charge in [0.15, 0.2) is 0 Å². The van der Waals surface area contributed by atoms with Crippen LogP contribution >= 0.6 is 23.2 Å². The molecular formula is C15H21Cl2N3O2.